The summed E-state index contributed by atoms with van der Waals surface area (Å²) in [4.78, 5) is 12.3. The maximum Gasteiger partial charge on any atom is 0.202 e. The second-order valence-corrected chi connectivity index (χ2v) is 5.15. The molecule has 0 radical (unpaired) electrons. The van der Waals surface area contributed by atoms with Gasteiger partial charge in [0.2, 0.25) is 5.78 Å². The molecule has 0 saturated carbocycles. The molecule has 0 saturated heterocycles. The Kier molecular flexibility index (Phi) is 5.37. The van der Waals surface area contributed by atoms with E-state index >= 15 is 0 Å². The SMILES string of the molecule is CC(Oc1ccccc1CCO)C(=O)c1ccc(Cl)cc1. The molecule has 1 N–H and O–H groups in total. The lowest BCUT2D eigenvalue weighted by atomic mass is 10.1. The van der Waals surface area contributed by atoms with E-state index in [1.807, 2.05) is 18.2 Å². The van der Waals surface area contributed by atoms with Gasteiger partial charge in [-0.1, -0.05) is 29.8 Å². The quantitative estimate of drug-likeness (QED) is 0.831. The van der Waals surface area contributed by atoms with Crippen molar-refractivity contribution in [2.45, 2.75) is 19.4 Å². The fourth-order valence-corrected chi connectivity index (χ4v) is 2.16. The third-order valence-electron chi connectivity index (χ3n) is 3.16. The molecule has 1 unspecified atom stereocenters. The molecule has 0 aliphatic carbocycles. The Hall–Kier alpha value is -1.84. The molecule has 2 rings (SSSR count). The van der Waals surface area contributed by atoms with Gasteiger partial charge in [-0.3, -0.25) is 4.79 Å². The summed E-state index contributed by atoms with van der Waals surface area (Å²) in [6, 6.07) is 14.1. The number of ketones is 1. The molecule has 0 fully saturated rings. The molecule has 0 bridgehead atoms. The molecule has 0 aromatic heterocycles. The highest BCUT2D eigenvalue weighted by molar-refractivity contribution is 6.30. The topological polar surface area (TPSA) is 46.5 Å². The molecular weight excluding hydrogens is 288 g/mol. The first kappa shape index (κ1) is 15.5. The predicted molar refractivity (Wildman–Crippen MR) is 83.1 cm³/mol. The molecule has 0 amide bonds. The van der Waals surface area contributed by atoms with Crippen molar-refractivity contribution in [2.75, 3.05) is 6.61 Å². The van der Waals surface area contributed by atoms with E-state index in [2.05, 4.69) is 0 Å². The molecular formula is C17H17ClO3. The van der Waals surface area contributed by atoms with Crippen molar-refractivity contribution in [3.63, 3.8) is 0 Å². The van der Waals surface area contributed by atoms with Crippen LogP contribution in [0.2, 0.25) is 5.02 Å². The van der Waals surface area contributed by atoms with Gasteiger partial charge in [0.15, 0.2) is 6.10 Å². The van der Waals surface area contributed by atoms with E-state index < -0.39 is 6.10 Å². The number of aliphatic hydroxyl groups is 1. The molecule has 0 aliphatic heterocycles. The molecule has 3 nitrogen and oxygen atoms in total. The van der Waals surface area contributed by atoms with Crippen molar-refractivity contribution in [1.82, 2.24) is 0 Å². The largest absolute Gasteiger partial charge is 0.482 e. The van der Waals surface area contributed by atoms with E-state index in [0.717, 1.165) is 5.56 Å². The third kappa shape index (κ3) is 4.06. The van der Waals surface area contributed by atoms with Crippen LogP contribution >= 0.6 is 11.6 Å². The number of para-hydroxylation sites is 1. The summed E-state index contributed by atoms with van der Waals surface area (Å²) in [7, 11) is 0. The van der Waals surface area contributed by atoms with Crippen LogP contribution in [-0.2, 0) is 6.42 Å². The minimum absolute atomic E-state index is 0.0416. The predicted octanol–water partition coefficient (Wildman–Crippen LogP) is 3.53. The molecule has 1 atom stereocenters. The number of rotatable bonds is 6. The third-order valence-corrected chi connectivity index (χ3v) is 3.41. The summed E-state index contributed by atoms with van der Waals surface area (Å²) in [5.74, 6) is 0.520. The Morgan fingerprint density at radius 1 is 1.19 bits per heavy atom. The monoisotopic (exact) mass is 304 g/mol. The van der Waals surface area contributed by atoms with Crippen LogP contribution in [-0.4, -0.2) is 23.6 Å². The Morgan fingerprint density at radius 3 is 2.52 bits per heavy atom. The van der Waals surface area contributed by atoms with E-state index in [1.54, 1.807) is 37.3 Å². The fourth-order valence-electron chi connectivity index (χ4n) is 2.04. The summed E-state index contributed by atoms with van der Waals surface area (Å²) in [6.07, 6.45) is -0.107. The van der Waals surface area contributed by atoms with Crippen molar-refractivity contribution in [1.29, 1.82) is 0 Å². The van der Waals surface area contributed by atoms with Crippen molar-refractivity contribution in [3.8, 4) is 5.75 Å². The normalized spacial score (nSPS) is 12.0. The summed E-state index contributed by atoms with van der Waals surface area (Å²) in [5, 5.41) is 9.65. The number of benzene rings is 2. The second-order valence-electron chi connectivity index (χ2n) is 4.71. The Balaban J connectivity index is 2.12. The van der Waals surface area contributed by atoms with Crippen LogP contribution in [0.5, 0.6) is 5.75 Å². The highest BCUT2D eigenvalue weighted by atomic mass is 35.5. The van der Waals surface area contributed by atoms with Crippen LogP contribution < -0.4 is 4.74 Å². The summed E-state index contributed by atoms with van der Waals surface area (Å²) in [6.45, 7) is 1.76. The molecule has 0 spiro atoms. The van der Waals surface area contributed by atoms with Gasteiger partial charge in [-0.2, -0.15) is 0 Å². The number of halogens is 1. The van der Waals surface area contributed by atoms with Gasteiger partial charge < -0.3 is 9.84 Å². The fraction of sp³-hybridized carbons (Fsp3) is 0.235. The van der Waals surface area contributed by atoms with Crippen molar-refractivity contribution < 1.29 is 14.6 Å². The molecule has 110 valence electrons. The number of hydrogen-bond acceptors (Lipinski definition) is 3. The first-order valence-corrected chi connectivity index (χ1v) is 7.15. The zero-order valence-corrected chi connectivity index (χ0v) is 12.5. The summed E-state index contributed by atoms with van der Waals surface area (Å²) in [5.41, 5.74) is 1.45. The molecule has 2 aromatic carbocycles. The molecule has 0 heterocycles. The molecule has 0 aliphatic rings. The van der Waals surface area contributed by atoms with Crippen molar-refractivity contribution in [2.24, 2.45) is 0 Å². The van der Waals surface area contributed by atoms with Gasteiger partial charge in [0.25, 0.3) is 0 Å². The van der Waals surface area contributed by atoms with Crippen LogP contribution in [0, 0.1) is 0 Å². The number of Topliss-reactive ketones (excluding diaryl/α,β-unsaturated/α-hetero) is 1. The molecule has 4 heteroatoms. The minimum atomic E-state index is -0.606. The lowest BCUT2D eigenvalue weighted by molar-refractivity contribution is 0.0816. The maximum absolute atomic E-state index is 12.3. The van der Waals surface area contributed by atoms with Gasteiger partial charge in [-0.05, 0) is 49.2 Å². The average molecular weight is 305 g/mol. The number of carbonyl (C=O) groups excluding carboxylic acids is 1. The number of aliphatic hydroxyl groups excluding tert-OH is 1. The van der Waals surface area contributed by atoms with Gasteiger partial charge >= 0.3 is 0 Å². The first-order chi connectivity index (χ1) is 10.1. The molecule has 21 heavy (non-hydrogen) atoms. The number of hydrogen-bond donors (Lipinski definition) is 1. The van der Waals surface area contributed by atoms with E-state index in [4.69, 9.17) is 21.4 Å². The van der Waals surface area contributed by atoms with Crippen LogP contribution in [0.1, 0.15) is 22.8 Å². The zero-order chi connectivity index (χ0) is 15.2. The van der Waals surface area contributed by atoms with E-state index in [-0.39, 0.29) is 12.4 Å². The summed E-state index contributed by atoms with van der Waals surface area (Å²) < 4.78 is 5.75. The molecule has 2 aromatic rings. The summed E-state index contributed by atoms with van der Waals surface area (Å²) >= 11 is 5.82. The van der Waals surface area contributed by atoms with Gasteiger partial charge in [0.1, 0.15) is 5.75 Å². The van der Waals surface area contributed by atoms with Gasteiger partial charge in [0.05, 0.1) is 0 Å². The van der Waals surface area contributed by atoms with E-state index in [0.29, 0.717) is 22.8 Å². The minimum Gasteiger partial charge on any atom is -0.482 e. The Labute approximate surface area is 129 Å². The Bertz CT molecular complexity index is 608. The van der Waals surface area contributed by atoms with Crippen LogP contribution in [0.4, 0.5) is 0 Å². The lowest BCUT2D eigenvalue weighted by Gasteiger charge is -2.16. The van der Waals surface area contributed by atoms with E-state index in [9.17, 15) is 4.79 Å². The van der Waals surface area contributed by atoms with Crippen LogP contribution in [0.3, 0.4) is 0 Å². The number of ether oxygens (including phenoxy) is 1. The zero-order valence-electron chi connectivity index (χ0n) is 11.8. The van der Waals surface area contributed by atoms with Crippen LogP contribution in [0.15, 0.2) is 48.5 Å². The van der Waals surface area contributed by atoms with Crippen LogP contribution in [0.25, 0.3) is 0 Å². The highest BCUT2D eigenvalue weighted by Gasteiger charge is 2.18. The second kappa shape index (κ2) is 7.25. The average Bonchev–Trinajstić information content (AvgIpc) is 2.49. The standard InChI is InChI=1S/C17H17ClO3/c1-12(17(20)14-6-8-15(18)9-7-14)21-16-5-3-2-4-13(16)10-11-19/h2-9,12,19H,10-11H2,1H3. The van der Waals surface area contributed by atoms with Crippen molar-refractivity contribution >= 4 is 17.4 Å². The number of carbonyl (C=O) groups is 1. The maximum atomic E-state index is 12.3. The Morgan fingerprint density at radius 2 is 1.86 bits per heavy atom. The first-order valence-electron chi connectivity index (χ1n) is 6.77. The van der Waals surface area contributed by atoms with Crippen molar-refractivity contribution in [3.05, 3.63) is 64.7 Å². The highest BCUT2D eigenvalue weighted by Crippen LogP contribution is 2.21. The lowest BCUT2D eigenvalue weighted by Crippen LogP contribution is -2.24. The van der Waals surface area contributed by atoms with Gasteiger partial charge in [0, 0.05) is 17.2 Å². The smallest absolute Gasteiger partial charge is 0.202 e. The van der Waals surface area contributed by atoms with Gasteiger partial charge in [-0.25, -0.2) is 0 Å². The van der Waals surface area contributed by atoms with Gasteiger partial charge in [-0.15, -0.1) is 0 Å². The van der Waals surface area contributed by atoms with E-state index in [1.165, 1.54) is 0 Å².